The number of ketones is 1. The molecular formula is C15H21N3O. The number of nitrogens with zero attached hydrogens (tertiary/aromatic N) is 2. The molecule has 2 fully saturated rings. The summed E-state index contributed by atoms with van der Waals surface area (Å²) in [6.07, 6.45) is 0. The van der Waals surface area contributed by atoms with Crippen LogP contribution in [0, 0.1) is 0 Å². The summed E-state index contributed by atoms with van der Waals surface area (Å²) in [6, 6.07) is 8.66. The molecular weight excluding hydrogens is 238 g/mol. The molecule has 0 aromatic heterocycles. The number of Topliss-reactive ketones (excluding diaryl/α,β-unsaturated/α-hetero) is 1. The van der Waals surface area contributed by atoms with Crippen LogP contribution in [-0.4, -0.2) is 56.0 Å². The summed E-state index contributed by atoms with van der Waals surface area (Å²) in [6.45, 7) is 8.33. The van der Waals surface area contributed by atoms with E-state index in [4.69, 9.17) is 0 Å². The Morgan fingerprint density at radius 2 is 2.00 bits per heavy atom. The van der Waals surface area contributed by atoms with Crippen molar-refractivity contribution in [2.24, 2.45) is 0 Å². The summed E-state index contributed by atoms with van der Waals surface area (Å²) in [4.78, 5) is 16.3. The van der Waals surface area contributed by atoms with Gasteiger partial charge in [-0.25, -0.2) is 0 Å². The van der Waals surface area contributed by atoms with Crippen LogP contribution < -0.4 is 10.2 Å². The van der Waals surface area contributed by atoms with Gasteiger partial charge in [0.1, 0.15) is 0 Å². The second-order valence-electron chi connectivity index (χ2n) is 5.45. The number of hydrogen-bond donors (Lipinski definition) is 1. The molecule has 3 rings (SSSR count). The van der Waals surface area contributed by atoms with E-state index in [0.717, 1.165) is 44.8 Å². The first-order valence-electron chi connectivity index (χ1n) is 7.05. The normalized spacial score (nSPS) is 21.2. The summed E-state index contributed by atoms with van der Waals surface area (Å²) < 4.78 is 0. The van der Waals surface area contributed by atoms with Gasteiger partial charge in [-0.1, -0.05) is 12.1 Å². The fraction of sp³-hybridized carbons (Fsp3) is 0.533. The van der Waals surface area contributed by atoms with Gasteiger partial charge in [-0.2, -0.15) is 0 Å². The Bertz CT molecular complexity index is 462. The van der Waals surface area contributed by atoms with E-state index >= 15 is 0 Å². The summed E-state index contributed by atoms with van der Waals surface area (Å²) in [5.74, 6) is 0.140. The van der Waals surface area contributed by atoms with Crippen LogP contribution in [0.5, 0.6) is 0 Å². The quantitative estimate of drug-likeness (QED) is 0.821. The smallest absolute Gasteiger partial charge is 0.159 e. The van der Waals surface area contributed by atoms with E-state index in [1.807, 2.05) is 18.2 Å². The van der Waals surface area contributed by atoms with Crippen LogP contribution in [0.1, 0.15) is 17.3 Å². The molecule has 2 aliphatic heterocycles. The van der Waals surface area contributed by atoms with Crippen molar-refractivity contribution in [3.63, 3.8) is 0 Å². The Kier molecular flexibility index (Phi) is 3.53. The number of benzene rings is 1. The highest BCUT2D eigenvalue weighted by molar-refractivity contribution is 5.95. The molecule has 0 unspecified atom stereocenters. The van der Waals surface area contributed by atoms with Crippen molar-refractivity contribution in [2.45, 2.75) is 13.0 Å². The van der Waals surface area contributed by atoms with Crippen LogP contribution in [0.15, 0.2) is 24.3 Å². The molecule has 102 valence electrons. The van der Waals surface area contributed by atoms with E-state index in [9.17, 15) is 4.79 Å². The van der Waals surface area contributed by atoms with Gasteiger partial charge in [0.25, 0.3) is 0 Å². The molecule has 2 saturated heterocycles. The highest BCUT2D eigenvalue weighted by atomic mass is 16.1. The summed E-state index contributed by atoms with van der Waals surface area (Å²) in [5, 5.41) is 3.39. The standard InChI is InChI=1S/C15H21N3O/c1-12(19)13-3-2-4-14(9-13)18-10-15(11-18)17-7-5-16-6-8-17/h2-4,9,15-16H,5-8,10-11H2,1H3. The van der Waals surface area contributed by atoms with Crippen LogP contribution >= 0.6 is 0 Å². The predicted molar refractivity (Wildman–Crippen MR) is 76.9 cm³/mol. The van der Waals surface area contributed by atoms with Crippen molar-refractivity contribution in [1.29, 1.82) is 0 Å². The topological polar surface area (TPSA) is 35.6 Å². The van der Waals surface area contributed by atoms with Gasteiger partial charge < -0.3 is 10.2 Å². The molecule has 19 heavy (non-hydrogen) atoms. The van der Waals surface area contributed by atoms with Gasteiger partial charge in [-0.15, -0.1) is 0 Å². The number of carbonyl (C=O) groups excluding carboxylic acids is 1. The molecule has 2 aliphatic rings. The Morgan fingerprint density at radius 1 is 1.26 bits per heavy atom. The molecule has 1 aromatic rings. The third-order valence-electron chi connectivity index (χ3n) is 4.15. The van der Waals surface area contributed by atoms with Crippen LogP contribution in [0.25, 0.3) is 0 Å². The van der Waals surface area contributed by atoms with E-state index in [2.05, 4.69) is 21.2 Å². The van der Waals surface area contributed by atoms with Crippen molar-refractivity contribution in [3.8, 4) is 0 Å². The van der Waals surface area contributed by atoms with Crippen LogP contribution in [0.4, 0.5) is 5.69 Å². The highest BCUT2D eigenvalue weighted by Gasteiger charge is 2.32. The summed E-state index contributed by atoms with van der Waals surface area (Å²) in [5.41, 5.74) is 1.99. The van der Waals surface area contributed by atoms with Gasteiger partial charge in [0.05, 0.1) is 0 Å². The third kappa shape index (κ3) is 2.65. The number of piperazine rings is 1. The van der Waals surface area contributed by atoms with Gasteiger partial charge in [0, 0.05) is 56.6 Å². The van der Waals surface area contributed by atoms with E-state index in [1.54, 1.807) is 6.92 Å². The van der Waals surface area contributed by atoms with Gasteiger partial charge in [-0.3, -0.25) is 9.69 Å². The average molecular weight is 259 g/mol. The largest absolute Gasteiger partial charge is 0.368 e. The van der Waals surface area contributed by atoms with Crippen molar-refractivity contribution in [1.82, 2.24) is 10.2 Å². The lowest BCUT2D eigenvalue weighted by molar-refractivity contribution is 0.101. The third-order valence-corrected chi connectivity index (χ3v) is 4.15. The predicted octanol–water partition coefficient (Wildman–Crippen LogP) is 0.983. The summed E-state index contributed by atoms with van der Waals surface area (Å²) in [7, 11) is 0. The fourth-order valence-corrected chi connectivity index (χ4v) is 2.87. The monoisotopic (exact) mass is 259 g/mol. The molecule has 0 radical (unpaired) electrons. The number of hydrogen-bond acceptors (Lipinski definition) is 4. The highest BCUT2D eigenvalue weighted by Crippen LogP contribution is 2.24. The lowest BCUT2D eigenvalue weighted by Gasteiger charge is -2.48. The van der Waals surface area contributed by atoms with Crippen molar-refractivity contribution in [3.05, 3.63) is 29.8 Å². The number of nitrogens with one attached hydrogen (secondary N) is 1. The second-order valence-corrected chi connectivity index (χ2v) is 5.45. The molecule has 2 heterocycles. The molecule has 0 spiro atoms. The number of anilines is 1. The SMILES string of the molecule is CC(=O)c1cccc(N2CC(N3CCNCC3)C2)c1. The van der Waals surface area contributed by atoms with Crippen LogP contribution in [0.3, 0.4) is 0 Å². The molecule has 1 aromatic carbocycles. The molecule has 0 aliphatic carbocycles. The lowest BCUT2D eigenvalue weighted by atomic mass is 10.0. The first-order chi connectivity index (χ1) is 9.24. The fourth-order valence-electron chi connectivity index (χ4n) is 2.87. The maximum atomic E-state index is 11.4. The van der Waals surface area contributed by atoms with Gasteiger partial charge in [0.15, 0.2) is 5.78 Å². The number of carbonyl (C=O) groups is 1. The van der Waals surface area contributed by atoms with Gasteiger partial charge >= 0.3 is 0 Å². The maximum Gasteiger partial charge on any atom is 0.159 e. The second kappa shape index (κ2) is 5.31. The Labute approximate surface area is 114 Å². The van der Waals surface area contributed by atoms with Gasteiger partial charge in [0.2, 0.25) is 0 Å². The van der Waals surface area contributed by atoms with E-state index < -0.39 is 0 Å². The lowest BCUT2D eigenvalue weighted by Crippen LogP contribution is -2.62. The van der Waals surface area contributed by atoms with E-state index in [1.165, 1.54) is 5.69 Å². The van der Waals surface area contributed by atoms with Gasteiger partial charge in [-0.05, 0) is 19.1 Å². The molecule has 4 heteroatoms. The first kappa shape index (κ1) is 12.6. The van der Waals surface area contributed by atoms with Crippen LogP contribution in [0.2, 0.25) is 0 Å². The Hall–Kier alpha value is -1.39. The van der Waals surface area contributed by atoms with Crippen molar-refractivity contribution >= 4 is 11.5 Å². The minimum atomic E-state index is 0.140. The molecule has 0 amide bonds. The van der Waals surface area contributed by atoms with E-state index in [0.29, 0.717) is 6.04 Å². The first-order valence-corrected chi connectivity index (χ1v) is 7.05. The molecule has 1 N–H and O–H groups in total. The molecule has 4 nitrogen and oxygen atoms in total. The zero-order valence-electron chi connectivity index (χ0n) is 11.4. The van der Waals surface area contributed by atoms with Crippen molar-refractivity contribution < 1.29 is 4.79 Å². The van der Waals surface area contributed by atoms with Crippen molar-refractivity contribution in [2.75, 3.05) is 44.2 Å². The van der Waals surface area contributed by atoms with E-state index in [-0.39, 0.29) is 5.78 Å². The summed E-state index contributed by atoms with van der Waals surface area (Å²) >= 11 is 0. The Morgan fingerprint density at radius 3 is 2.68 bits per heavy atom. The average Bonchev–Trinajstić information content (AvgIpc) is 2.39. The zero-order chi connectivity index (χ0) is 13.2. The minimum absolute atomic E-state index is 0.140. The van der Waals surface area contributed by atoms with Crippen LogP contribution in [-0.2, 0) is 0 Å². The minimum Gasteiger partial charge on any atom is -0.368 e. The maximum absolute atomic E-state index is 11.4. The Balaban J connectivity index is 1.60. The molecule has 0 atom stereocenters. The zero-order valence-corrected chi connectivity index (χ0v) is 11.4. The molecule has 0 saturated carbocycles. The molecule has 0 bridgehead atoms. The number of rotatable bonds is 3.